The third-order valence-corrected chi connectivity index (χ3v) is 3.70. The first-order chi connectivity index (χ1) is 12.0. The van der Waals surface area contributed by atoms with Gasteiger partial charge in [-0.1, -0.05) is 24.3 Å². The molecule has 0 fully saturated rings. The highest BCUT2D eigenvalue weighted by Gasteiger charge is 2.19. The number of hydrogen-bond donors (Lipinski definition) is 2. The molecule has 2 N–H and O–H groups in total. The van der Waals surface area contributed by atoms with Crippen LogP contribution >= 0.6 is 0 Å². The minimum Gasteiger partial charge on any atom is -0.506 e. The first-order valence-corrected chi connectivity index (χ1v) is 7.36. The van der Waals surface area contributed by atoms with E-state index < -0.39 is 22.7 Å². The van der Waals surface area contributed by atoms with Crippen LogP contribution in [-0.2, 0) is 0 Å². The highest BCUT2D eigenvalue weighted by atomic mass is 16.5. The molecule has 126 valence electrons. The van der Waals surface area contributed by atoms with E-state index in [1.165, 1.54) is 19.3 Å². The van der Waals surface area contributed by atoms with Crippen LogP contribution in [-0.4, -0.2) is 23.1 Å². The van der Waals surface area contributed by atoms with Gasteiger partial charge in [0, 0.05) is 5.56 Å². The van der Waals surface area contributed by atoms with Gasteiger partial charge in [-0.2, -0.15) is 0 Å². The van der Waals surface area contributed by atoms with Gasteiger partial charge < -0.3 is 19.4 Å². The topological polar surface area (TPSA) is 97.0 Å². The predicted molar refractivity (Wildman–Crippen MR) is 92.2 cm³/mol. The Hall–Kier alpha value is -3.54. The van der Waals surface area contributed by atoms with E-state index in [1.54, 1.807) is 36.4 Å². The number of hydrogen-bond acceptors (Lipinski definition) is 6. The minimum atomic E-state index is -0.930. The lowest BCUT2D eigenvalue weighted by atomic mass is 10.1. The zero-order valence-corrected chi connectivity index (χ0v) is 13.2. The number of rotatable bonds is 4. The molecule has 1 aromatic heterocycles. The zero-order valence-electron chi connectivity index (χ0n) is 13.2. The van der Waals surface area contributed by atoms with Crippen LogP contribution < -0.4 is 10.4 Å². The van der Waals surface area contributed by atoms with Crippen LogP contribution in [0.25, 0.3) is 17.0 Å². The van der Waals surface area contributed by atoms with Gasteiger partial charge in [-0.3, -0.25) is 4.79 Å². The number of carbonyl (C=O) groups excluding carboxylic acids is 1. The fourth-order valence-electron chi connectivity index (χ4n) is 2.44. The van der Waals surface area contributed by atoms with E-state index >= 15 is 0 Å². The van der Waals surface area contributed by atoms with Gasteiger partial charge in [0.2, 0.25) is 0 Å². The van der Waals surface area contributed by atoms with E-state index in [1.807, 2.05) is 0 Å². The summed E-state index contributed by atoms with van der Waals surface area (Å²) in [6.07, 6.45) is 2.41. The molecule has 0 saturated carbocycles. The second-order valence-electron chi connectivity index (χ2n) is 5.20. The molecule has 0 atom stereocenters. The largest absolute Gasteiger partial charge is 0.506 e. The van der Waals surface area contributed by atoms with E-state index in [0.717, 1.165) is 6.08 Å². The van der Waals surface area contributed by atoms with Gasteiger partial charge in [-0.05, 0) is 30.4 Å². The van der Waals surface area contributed by atoms with Crippen molar-refractivity contribution in [2.45, 2.75) is 0 Å². The molecule has 0 saturated heterocycles. The first kappa shape index (κ1) is 16.3. The smallest absolute Gasteiger partial charge is 0.351 e. The molecule has 0 spiro atoms. The van der Waals surface area contributed by atoms with Gasteiger partial charge >= 0.3 is 5.63 Å². The van der Waals surface area contributed by atoms with Crippen LogP contribution in [0.15, 0.2) is 57.8 Å². The highest BCUT2D eigenvalue weighted by Crippen LogP contribution is 2.31. The SMILES string of the molecule is COc1cccc(/C=C/C(=O)c2c(O)c3ccccc3oc2=O)c1O. The van der Waals surface area contributed by atoms with Gasteiger partial charge in [0.25, 0.3) is 0 Å². The Morgan fingerprint density at radius 1 is 1.08 bits per heavy atom. The molecule has 6 heteroatoms. The molecular weight excluding hydrogens is 324 g/mol. The number of allylic oxidation sites excluding steroid dienone is 1. The molecule has 3 rings (SSSR count). The molecule has 0 aliphatic carbocycles. The Morgan fingerprint density at radius 2 is 1.84 bits per heavy atom. The normalized spacial score (nSPS) is 11.1. The maximum Gasteiger partial charge on any atom is 0.351 e. The van der Waals surface area contributed by atoms with E-state index in [9.17, 15) is 19.8 Å². The van der Waals surface area contributed by atoms with Crippen molar-refractivity contribution in [3.63, 3.8) is 0 Å². The van der Waals surface area contributed by atoms with E-state index in [0.29, 0.717) is 5.56 Å². The molecule has 6 nitrogen and oxygen atoms in total. The van der Waals surface area contributed by atoms with E-state index in [4.69, 9.17) is 9.15 Å². The van der Waals surface area contributed by atoms with Crippen molar-refractivity contribution < 1.29 is 24.2 Å². The molecule has 2 aromatic carbocycles. The Bertz CT molecular complexity index is 1050. The summed E-state index contributed by atoms with van der Waals surface area (Å²) in [5, 5.41) is 20.5. The summed E-state index contributed by atoms with van der Waals surface area (Å²) >= 11 is 0. The summed E-state index contributed by atoms with van der Waals surface area (Å²) in [5.41, 5.74) is -0.869. The molecule has 3 aromatic rings. The summed E-state index contributed by atoms with van der Waals surface area (Å²) in [5.74, 6) is -1.05. The number of para-hydroxylation sites is 2. The van der Waals surface area contributed by atoms with Crippen molar-refractivity contribution in [1.29, 1.82) is 0 Å². The summed E-state index contributed by atoms with van der Waals surface area (Å²) in [6.45, 7) is 0. The number of benzene rings is 2. The molecule has 0 amide bonds. The quantitative estimate of drug-likeness (QED) is 0.431. The fraction of sp³-hybridized carbons (Fsp3) is 0.0526. The van der Waals surface area contributed by atoms with Crippen LogP contribution in [0.2, 0.25) is 0 Å². The van der Waals surface area contributed by atoms with Crippen LogP contribution in [0.1, 0.15) is 15.9 Å². The summed E-state index contributed by atoms with van der Waals surface area (Å²) < 4.78 is 10.1. The Labute approximate surface area is 142 Å². The van der Waals surface area contributed by atoms with Crippen LogP contribution in [0.3, 0.4) is 0 Å². The maximum absolute atomic E-state index is 12.3. The second-order valence-corrected chi connectivity index (χ2v) is 5.20. The molecular formula is C19H14O6. The van der Waals surface area contributed by atoms with E-state index in [-0.39, 0.29) is 22.5 Å². The Balaban J connectivity index is 2.02. The minimum absolute atomic E-state index is 0.135. The first-order valence-electron chi connectivity index (χ1n) is 7.36. The standard InChI is InChI=1S/C19H14O6/c1-24-15-8-4-5-11(17(15)21)9-10-13(20)16-18(22)12-6-2-3-7-14(12)25-19(16)23/h2-10,21-22H,1H3/b10-9+. The van der Waals surface area contributed by atoms with Gasteiger partial charge in [0.15, 0.2) is 17.3 Å². The summed E-state index contributed by atoms with van der Waals surface area (Å²) in [4.78, 5) is 24.4. The monoisotopic (exact) mass is 338 g/mol. The lowest BCUT2D eigenvalue weighted by molar-refractivity contribution is 0.104. The fourth-order valence-corrected chi connectivity index (χ4v) is 2.44. The van der Waals surface area contributed by atoms with E-state index in [2.05, 4.69) is 0 Å². The number of phenols is 1. The predicted octanol–water partition coefficient (Wildman–Crippen LogP) is 3.11. The number of fused-ring (bicyclic) bond motifs is 1. The van der Waals surface area contributed by atoms with Crippen molar-refractivity contribution in [1.82, 2.24) is 0 Å². The molecule has 0 aliphatic rings. The Morgan fingerprint density at radius 3 is 2.60 bits per heavy atom. The van der Waals surface area contributed by atoms with Crippen molar-refractivity contribution in [2.24, 2.45) is 0 Å². The molecule has 0 aliphatic heterocycles. The average Bonchev–Trinajstić information content (AvgIpc) is 2.61. The zero-order chi connectivity index (χ0) is 18.0. The summed E-state index contributed by atoms with van der Waals surface area (Å²) in [6, 6.07) is 11.2. The molecule has 0 bridgehead atoms. The van der Waals surface area contributed by atoms with Gasteiger partial charge in [0.05, 0.1) is 12.5 Å². The van der Waals surface area contributed by atoms with Crippen molar-refractivity contribution in [3.05, 3.63) is 70.1 Å². The number of carbonyl (C=O) groups is 1. The lowest BCUT2D eigenvalue weighted by Gasteiger charge is -2.05. The molecule has 1 heterocycles. The average molecular weight is 338 g/mol. The number of methoxy groups -OCH3 is 1. The van der Waals surface area contributed by atoms with Crippen LogP contribution in [0.4, 0.5) is 0 Å². The molecule has 25 heavy (non-hydrogen) atoms. The number of ether oxygens (including phenoxy) is 1. The highest BCUT2D eigenvalue weighted by molar-refractivity contribution is 6.10. The van der Waals surface area contributed by atoms with Gasteiger partial charge in [-0.25, -0.2) is 4.79 Å². The maximum atomic E-state index is 12.3. The third kappa shape index (κ3) is 2.97. The van der Waals surface area contributed by atoms with Crippen molar-refractivity contribution in [3.8, 4) is 17.2 Å². The molecule has 0 radical (unpaired) electrons. The lowest BCUT2D eigenvalue weighted by Crippen LogP contribution is -2.12. The molecule has 0 unspecified atom stereocenters. The van der Waals surface area contributed by atoms with Crippen LogP contribution in [0.5, 0.6) is 17.2 Å². The van der Waals surface area contributed by atoms with Crippen molar-refractivity contribution in [2.75, 3.05) is 7.11 Å². The summed E-state index contributed by atoms with van der Waals surface area (Å²) in [7, 11) is 1.41. The Kier molecular flexibility index (Phi) is 4.26. The van der Waals surface area contributed by atoms with Gasteiger partial charge in [0.1, 0.15) is 16.9 Å². The van der Waals surface area contributed by atoms with Gasteiger partial charge in [-0.15, -0.1) is 0 Å². The number of ketones is 1. The second kappa shape index (κ2) is 6.52. The number of phenolic OH excluding ortho intramolecular Hbond substituents is 1. The van der Waals surface area contributed by atoms with Crippen molar-refractivity contribution >= 4 is 22.8 Å². The van der Waals surface area contributed by atoms with Crippen LogP contribution in [0, 0.1) is 0 Å². The number of aromatic hydroxyl groups is 2. The third-order valence-electron chi connectivity index (χ3n) is 3.70.